The molecule has 0 saturated carbocycles. The number of piperidine rings is 1. The fourth-order valence-corrected chi connectivity index (χ4v) is 2.36. The van der Waals surface area contributed by atoms with Gasteiger partial charge in [0, 0.05) is 19.5 Å². The highest BCUT2D eigenvalue weighted by Gasteiger charge is 2.23. The molecule has 0 unspecified atom stereocenters. The summed E-state index contributed by atoms with van der Waals surface area (Å²) in [6.45, 7) is 2.95. The first-order chi connectivity index (χ1) is 8.15. The Bertz CT molecular complexity index is 225. The number of nitrogens with zero attached hydrogens (tertiary/aromatic N) is 2. The molecule has 1 fully saturated rings. The van der Waals surface area contributed by atoms with Crippen LogP contribution >= 0.6 is 0 Å². The average Bonchev–Trinajstić information content (AvgIpc) is 2.34. The molecule has 1 heterocycles. The Morgan fingerprint density at radius 1 is 1.29 bits per heavy atom. The predicted molar refractivity (Wildman–Crippen MR) is 70.8 cm³/mol. The van der Waals surface area contributed by atoms with Crippen molar-refractivity contribution in [3.63, 3.8) is 0 Å². The zero-order valence-corrected chi connectivity index (χ0v) is 11.3. The summed E-state index contributed by atoms with van der Waals surface area (Å²) in [5.74, 6) is 0.302. The van der Waals surface area contributed by atoms with Gasteiger partial charge in [-0.1, -0.05) is 6.42 Å². The fraction of sp³-hybridized carbons (Fsp3) is 0.923. The number of hydrogen-bond donors (Lipinski definition) is 1. The minimum Gasteiger partial charge on any atom is -0.343 e. The molecule has 17 heavy (non-hydrogen) atoms. The summed E-state index contributed by atoms with van der Waals surface area (Å²) >= 11 is 0. The van der Waals surface area contributed by atoms with E-state index in [-0.39, 0.29) is 0 Å². The highest BCUT2D eigenvalue weighted by Crippen LogP contribution is 2.15. The van der Waals surface area contributed by atoms with E-state index in [1.165, 1.54) is 0 Å². The topological polar surface area (TPSA) is 49.6 Å². The SMILES string of the molecule is CN1CCC(N(C)C(=O)CCCCCN)CC1. The van der Waals surface area contributed by atoms with Crippen molar-refractivity contribution >= 4 is 5.91 Å². The van der Waals surface area contributed by atoms with Crippen LogP contribution in [-0.2, 0) is 4.79 Å². The Morgan fingerprint density at radius 3 is 2.53 bits per heavy atom. The van der Waals surface area contributed by atoms with Crippen LogP contribution in [0.2, 0.25) is 0 Å². The zero-order chi connectivity index (χ0) is 12.7. The van der Waals surface area contributed by atoms with Gasteiger partial charge in [0.1, 0.15) is 0 Å². The number of hydrogen-bond acceptors (Lipinski definition) is 3. The van der Waals surface area contributed by atoms with Crippen LogP contribution in [0.15, 0.2) is 0 Å². The number of carbonyl (C=O) groups excluding carboxylic acids is 1. The smallest absolute Gasteiger partial charge is 0.222 e. The Labute approximate surface area is 105 Å². The molecule has 1 aliphatic heterocycles. The Kier molecular flexibility index (Phi) is 6.52. The molecule has 1 saturated heterocycles. The van der Waals surface area contributed by atoms with E-state index in [1.807, 2.05) is 11.9 Å². The summed E-state index contributed by atoms with van der Waals surface area (Å²) in [5.41, 5.74) is 5.44. The lowest BCUT2D eigenvalue weighted by molar-refractivity contribution is -0.132. The molecule has 4 nitrogen and oxygen atoms in total. The van der Waals surface area contributed by atoms with Gasteiger partial charge in [0.15, 0.2) is 0 Å². The normalized spacial score (nSPS) is 18.3. The number of nitrogens with two attached hydrogens (primary N) is 1. The Balaban J connectivity index is 2.21. The van der Waals surface area contributed by atoms with Gasteiger partial charge in [-0.3, -0.25) is 4.79 Å². The number of carbonyl (C=O) groups is 1. The monoisotopic (exact) mass is 241 g/mol. The van der Waals surface area contributed by atoms with Crippen molar-refractivity contribution in [3.05, 3.63) is 0 Å². The number of likely N-dealkylation sites (tertiary alicyclic amines) is 1. The molecule has 0 bridgehead atoms. The highest BCUT2D eigenvalue weighted by atomic mass is 16.2. The quantitative estimate of drug-likeness (QED) is 0.707. The molecular weight excluding hydrogens is 214 g/mol. The molecule has 0 aromatic rings. The minimum absolute atomic E-state index is 0.302. The molecule has 100 valence electrons. The molecule has 1 rings (SSSR count). The van der Waals surface area contributed by atoms with Crippen molar-refractivity contribution in [3.8, 4) is 0 Å². The summed E-state index contributed by atoms with van der Waals surface area (Å²) < 4.78 is 0. The van der Waals surface area contributed by atoms with Crippen molar-refractivity contribution in [2.24, 2.45) is 5.73 Å². The molecule has 4 heteroatoms. The van der Waals surface area contributed by atoms with Crippen LogP contribution in [-0.4, -0.2) is 55.5 Å². The van der Waals surface area contributed by atoms with Gasteiger partial charge < -0.3 is 15.5 Å². The van der Waals surface area contributed by atoms with E-state index in [9.17, 15) is 4.79 Å². The molecule has 0 atom stereocenters. The second-order valence-corrected chi connectivity index (χ2v) is 5.14. The number of rotatable bonds is 6. The van der Waals surface area contributed by atoms with E-state index in [2.05, 4.69) is 11.9 Å². The summed E-state index contributed by atoms with van der Waals surface area (Å²) in [6, 6.07) is 0.452. The standard InChI is InChI=1S/C13H27N3O/c1-15-10-7-12(8-11-15)16(2)13(17)6-4-3-5-9-14/h12H,3-11,14H2,1-2H3. The largest absolute Gasteiger partial charge is 0.343 e. The van der Waals surface area contributed by atoms with Crippen LogP contribution in [0, 0.1) is 0 Å². The molecule has 0 aromatic carbocycles. The molecule has 1 aliphatic rings. The second-order valence-electron chi connectivity index (χ2n) is 5.14. The van der Waals surface area contributed by atoms with Crippen LogP contribution in [0.3, 0.4) is 0 Å². The minimum atomic E-state index is 0.302. The summed E-state index contributed by atoms with van der Waals surface area (Å²) in [4.78, 5) is 16.3. The average molecular weight is 241 g/mol. The van der Waals surface area contributed by atoms with Gasteiger partial charge in [0.25, 0.3) is 0 Å². The Hall–Kier alpha value is -0.610. The third kappa shape index (κ3) is 5.04. The molecule has 2 N–H and O–H groups in total. The number of unbranched alkanes of at least 4 members (excludes halogenated alkanes) is 2. The van der Waals surface area contributed by atoms with Gasteiger partial charge >= 0.3 is 0 Å². The van der Waals surface area contributed by atoms with Crippen LogP contribution in [0.4, 0.5) is 0 Å². The van der Waals surface area contributed by atoms with Gasteiger partial charge in [-0.05, 0) is 52.4 Å². The van der Waals surface area contributed by atoms with Gasteiger partial charge in [0.05, 0.1) is 0 Å². The van der Waals surface area contributed by atoms with Crippen LogP contribution in [0.5, 0.6) is 0 Å². The van der Waals surface area contributed by atoms with E-state index in [0.717, 1.165) is 51.7 Å². The van der Waals surface area contributed by atoms with E-state index in [0.29, 0.717) is 18.4 Å². The molecule has 0 aliphatic carbocycles. The van der Waals surface area contributed by atoms with E-state index >= 15 is 0 Å². The summed E-state index contributed by atoms with van der Waals surface area (Å²) in [7, 11) is 4.10. The third-order valence-corrected chi connectivity index (χ3v) is 3.72. The van der Waals surface area contributed by atoms with Crippen molar-refractivity contribution in [1.29, 1.82) is 0 Å². The first kappa shape index (κ1) is 14.5. The predicted octanol–water partition coefficient (Wildman–Crippen LogP) is 1.06. The lowest BCUT2D eigenvalue weighted by atomic mass is 10.0. The molecule has 1 amide bonds. The lowest BCUT2D eigenvalue weighted by Gasteiger charge is -2.35. The molecule has 0 radical (unpaired) electrons. The molecular formula is C13H27N3O. The first-order valence-electron chi connectivity index (χ1n) is 6.79. The third-order valence-electron chi connectivity index (χ3n) is 3.72. The van der Waals surface area contributed by atoms with Crippen molar-refractivity contribution in [2.45, 2.75) is 44.6 Å². The fourth-order valence-electron chi connectivity index (χ4n) is 2.36. The number of amides is 1. The zero-order valence-electron chi connectivity index (χ0n) is 11.3. The van der Waals surface area contributed by atoms with Crippen LogP contribution < -0.4 is 5.73 Å². The van der Waals surface area contributed by atoms with E-state index in [4.69, 9.17) is 5.73 Å². The van der Waals surface area contributed by atoms with Crippen LogP contribution in [0.1, 0.15) is 38.5 Å². The van der Waals surface area contributed by atoms with Crippen molar-refractivity contribution in [2.75, 3.05) is 33.7 Å². The van der Waals surface area contributed by atoms with Crippen LogP contribution in [0.25, 0.3) is 0 Å². The summed E-state index contributed by atoms with van der Waals surface area (Å²) in [5, 5.41) is 0. The highest BCUT2D eigenvalue weighted by molar-refractivity contribution is 5.76. The summed E-state index contributed by atoms with van der Waals surface area (Å²) in [6.07, 6.45) is 5.99. The van der Waals surface area contributed by atoms with Gasteiger partial charge in [-0.15, -0.1) is 0 Å². The van der Waals surface area contributed by atoms with Gasteiger partial charge in [-0.25, -0.2) is 0 Å². The van der Waals surface area contributed by atoms with Crippen molar-refractivity contribution in [1.82, 2.24) is 9.80 Å². The van der Waals surface area contributed by atoms with E-state index < -0.39 is 0 Å². The maximum atomic E-state index is 12.0. The lowest BCUT2D eigenvalue weighted by Crippen LogP contribution is -2.44. The van der Waals surface area contributed by atoms with Crippen molar-refractivity contribution < 1.29 is 4.79 Å². The maximum Gasteiger partial charge on any atom is 0.222 e. The molecule has 0 aromatic heterocycles. The maximum absolute atomic E-state index is 12.0. The van der Waals surface area contributed by atoms with Gasteiger partial charge in [-0.2, -0.15) is 0 Å². The Morgan fingerprint density at radius 2 is 1.94 bits per heavy atom. The first-order valence-corrected chi connectivity index (χ1v) is 6.79. The van der Waals surface area contributed by atoms with E-state index in [1.54, 1.807) is 0 Å². The molecule has 0 spiro atoms. The second kappa shape index (κ2) is 7.67. The van der Waals surface area contributed by atoms with Gasteiger partial charge in [0.2, 0.25) is 5.91 Å².